The zero-order chi connectivity index (χ0) is 24.4. The van der Waals surface area contributed by atoms with Gasteiger partial charge in [-0.05, 0) is 72.0 Å². The van der Waals surface area contributed by atoms with Crippen molar-refractivity contribution in [3.05, 3.63) is 98.0 Å². The second-order valence-electron chi connectivity index (χ2n) is 7.72. The number of imide groups is 2. The number of carbonyl (C=O) groups is 3. The predicted octanol–water partition coefficient (Wildman–Crippen LogP) is 5.68. The van der Waals surface area contributed by atoms with Crippen molar-refractivity contribution in [3.8, 4) is 5.75 Å². The summed E-state index contributed by atoms with van der Waals surface area (Å²) < 4.78 is 6.32. The molecule has 172 valence electrons. The lowest BCUT2D eigenvalue weighted by Gasteiger charge is -2.26. The van der Waals surface area contributed by atoms with Crippen molar-refractivity contribution in [2.24, 2.45) is 0 Å². The van der Waals surface area contributed by atoms with E-state index in [0.29, 0.717) is 22.8 Å². The normalized spacial score (nSPS) is 15.0. The van der Waals surface area contributed by atoms with Crippen LogP contribution in [-0.2, 0) is 16.0 Å². The Labute approximate surface area is 210 Å². The first kappa shape index (κ1) is 23.7. The van der Waals surface area contributed by atoms with Gasteiger partial charge in [-0.2, -0.15) is 0 Å². The van der Waals surface area contributed by atoms with Crippen LogP contribution in [0, 0.1) is 6.92 Å². The minimum Gasteiger partial charge on any atom is -0.497 e. The molecule has 4 rings (SSSR count). The van der Waals surface area contributed by atoms with Crippen LogP contribution in [-0.4, -0.2) is 25.0 Å². The fourth-order valence-corrected chi connectivity index (χ4v) is 4.22. The van der Waals surface area contributed by atoms with Gasteiger partial charge in [0.25, 0.3) is 11.8 Å². The Morgan fingerprint density at radius 2 is 1.79 bits per heavy atom. The number of hydrogen-bond acceptors (Lipinski definition) is 4. The van der Waals surface area contributed by atoms with E-state index in [4.69, 9.17) is 16.3 Å². The number of barbiturate groups is 1. The molecule has 0 spiro atoms. The van der Waals surface area contributed by atoms with Gasteiger partial charge < -0.3 is 4.74 Å². The van der Waals surface area contributed by atoms with Crippen LogP contribution in [0.2, 0.25) is 5.02 Å². The van der Waals surface area contributed by atoms with Gasteiger partial charge in [-0.1, -0.05) is 57.9 Å². The number of methoxy groups -OCH3 is 1. The zero-order valence-electron chi connectivity index (χ0n) is 18.4. The summed E-state index contributed by atoms with van der Waals surface area (Å²) in [6, 6.07) is 17.2. The zero-order valence-corrected chi connectivity index (χ0v) is 20.7. The van der Waals surface area contributed by atoms with Crippen molar-refractivity contribution in [1.29, 1.82) is 0 Å². The summed E-state index contributed by atoms with van der Waals surface area (Å²) in [5.74, 6) is -0.835. The van der Waals surface area contributed by atoms with Crippen LogP contribution in [0.1, 0.15) is 22.3 Å². The molecular formula is C26H20BrClN2O4. The summed E-state index contributed by atoms with van der Waals surface area (Å²) in [6.07, 6.45) is 2.03. The largest absolute Gasteiger partial charge is 0.497 e. The number of hydrogen-bond donors (Lipinski definition) is 1. The van der Waals surface area contributed by atoms with E-state index in [-0.39, 0.29) is 11.3 Å². The van der Waals surface area contributed by atoms with Crippen molar-refractivity contribution in [2.75, 3.05) is 12.0 Å². The standard InChI is InChI=1S/C26H20BrClN2O4/c1-15-7-9-19(14-23(15)28)30-25(32)21(24(31)29-26(30)33)13-16-8-10-20(34-2)12-18(16)11-17-5-3-4-6-22(17)27/h3-10,12-14H,11H2,1-2H3,(H,29,31,33)/b21-13+. The number of rotatable bonds is 5. The molecule has 3 aromatic rings. The van der Waals surface area contributed by atoms with E-state index in [9.17, 15) is 14.4 Å². The average molecular weight is 540 g/mol. The van der Waals surface area contributed by atoms with Crippen molar-refractivity contribution >= 4 is 57.1 Å². The smallest absolute Gasteiger partial charge is 0.335 e. The van der Waals surface area contributed by atoms with Crippen LogP contribution >= 0.6 is 27.5 Å². The van der Waals surface area contributed by atoms with Crippen LogP contribution < -0.4 is 15.0 Å². The highest BCUT2D eigenvalue weighted by Gasteiger charge is 2.37. The van der Waals surface area contributed by atoms with Gasteiger partial charge >= 0.3 is 6.03 Å². The number of amides is 4. The Bertz CT molecular complexity index is 1350. The molecule has 0 unspecified atom stereocenters. The van der Waals surface area contributed by atoms with Gasteiger partial charge in [0, 0.05) is 9.50 Å². The van der Waals surface area contributed by atoms with E-state index in [1.165, 1.54) is 12.1 Å². The molecule has 0 bridgehead atoms. The molecule has 0 saturated carbocycles. The molecule has 0 radical (unpaired) electrons. The molecule has 4 amide bonds. The number of benzene rings is 3. The lowest BCUT2D eigenvalue weighted by Crippen LogP contribution is -2.54. The maximum Gasteiger partial charge on any atom is 0.335 e. The molecule has 3 aromatic carbocycles. The first-order chi connectivity index (χ1) is 16.3. The number of halogens is 2. The van der Waals surface area contributed by atoms with Crippen LogP contribution in [0.4, 0.5) is 10.5 Å². The fourth-order valence-electron chi connectivity index (χ4n) is 3.62. The van der Waals surface area contributed by atoms with Gasteiger partial charge in [-0.3, -0.25) is 14.9 Å². The molecule has 1 saturated heterocycles. The van der Waals surface area contributed by atoms with Gasteiger partial charge in [0.15, 0.2) is 0 Å². The number of nitrogens with one attached hydrogen (secondary N) is 1. The van der Waals surface area contributed by atoms with Gasteiger partial charge in [-0.25, -0.2) is 9.69 Å². The molecule has 1 aliphatic heterocycles. The second kappa shape index (κ2) is 9.83. The first-order valence-corrected chi connectivity index (χ1v) is 11.5. The van der Waals surface area contributed by atoms with Crippen molar-refractivity contribution in [2.45, 2.75) is 13.3 Å². The summed E-state index contributed by atoms with van der Waals surface area (Å²) >= 11 is 9.76. The van der Waals surface area contributed by atoms with Crippen LogP contribution in [0.15, 0.2) is 70.7 Å². The molecule has 1 fully saturated rings. The summed E-state index contributed by atoms with van der Waals surface area (Å²) in [5.41, 5.74) is 3.46. The van der Waals surface area contributed by atoms with Crippen LogP contribution in [0.3, 0.4) is 0 Å². The van der Waals surface area contributed by atoms with Crippen molar-refractivity contribution in [3.63, 3.8) is 0 Å². The lowest BCUT2D eigenvalue weighted by atomic mass is 9.97. The Kier molecular flexibility index (Phi) is 6.86. The quantitative estimate of drug-likeness (QED) is 0.335. The van der Waals surface area contributed by atoms with Crippen molar-refractivity contribution in [1.82, 2.24) is 5.32 Å². The highest BCUT2D eigenvalue weighted by molar-refractivity contribution is 9.10. The Morgan fingerprint density at radius 3 is 2.50 bits per heavy atom. The summed E-state index contributed by atoms with van der Waals surface area (Å²) in [4.78, 5) is 39.4. The highest BCUT2D eigenvalue weighted by atomic mass is 79.9. The molecule has 1 aliphatic rings. The molecule has 1 heterocycles. The van der Waals surface area contributed by atoms with Crippen LogP contribution in [0.25, 0.3) is 6.08 Å². The van der Waals surface area contributed by atoms with E-state index in [1.54, 1.807) is 31.4 Å². The first-order valence-electron chi connectivity index (χ1n) is 10.4. The highest BCUT2D eigenvalue weighted by Crippen LogP contribution is 2.29. The summed E-state index contributed by atoms with van der Waals surface area (Å²) in [5, 5.41) is 2.66. The predicted molar refractivity (Wildman–Crippen MR) is 135 cm³/mol. The molecule has 0 atom stereocenters. The maximum atomic E-state index is 13.3. The van der Waals surface area contributed by atoms with Crippen LogP contribution in [0.5, 0.6) is 5.75 Å². The molecule has 8 heteroatoms. The minimum absolute atomic E-state index is 0.158. The Hall–Kier alpha value is -3.42. The summed E-state index contributed by atoms with van der Waals surface area (Å²) in [6.45, 7) is 1.81. The fraction of sp³-hybridized carbons (Fsp3) is 0.115. The monoisotopic (exact) mass is 538 g/mol. The molecule has 34 heavy (non-hydrogen) atoms. The SMILES string of the molecule is COc1ccc(/C=C2\C(=O)NC(=O)N(c3ccc(C)c(Cl)c3)C2=O)c(Cc2ccccc2Br)c1. The number of carbonyl (C=O) groups excluding carboxylic acids is 3. The number of anilines is 1. The van der Waals surface area contributed by atoms with Gasteiger partial charge in [0.1, 0.15) is 11.3 Å². The number of aryl methyl sites for hydroxylation is 1. The van der Waals surface area contributed by atoms with E-state index in [2.05, 4.69) is 21.2 Å². The molecular weight excluding hydrogens is 520 g/mol. The summed E-state index contributed by atoms with van der Waals surface area (Å²) in [7, 11) is 1.57. The number of ether oxygens (including phenoxy) is 1. The molecule has 0 aromatic heterocycles. The maximum absolute atomic E-state index is 13.3. The van der Waals surface area contributed by atoms with E-state index in [0.717, 1.165) is 26.1 Å². The van der Waals surface area contributed by atoms with E-state index in [1.807, 2.05) is 37.3 Å². The molecule has 6 nitrogen and oxygen atoms in total. The van der Waals surface area contributed by atoms with E-state index >= 15 is 0 Å². The lowest BCUT2D eigenvalue weighted by molar-refractivity contribution is -0.122. The third-order valence-corrected chi connectivity index (χ3v) is 6.68. The molecule has 1 N–H and O–H groups in total. The Balaban J connectivity index is 1.77. The minimum atomic E-state index is -0.824. The topological polar surface area (TPSA) is 75.7 Å². The third kappa shape index (κ3) is 4.76. The van der Waals surface area contributed by atoms with Gasteiger partial charge in [-0.15, -0.1) is 0 Å². The third-order valence-electron chi connectivity index (χ3n) is 5.50. The average Bonchev–Trinajstić information content (AvgIpc) is 2.81. The van der Waals surface area contributed by atoms with E-state index < -0.39 is 17.8 Å². The number of nitrogens with zero attached hydrogens (tertiary/aromatic N) is 1. The van der Waals surface area contributed by atoms with Gasteiger partial charge in [0.05, 0.1) is 12.8 Å². The second-order valence-corrected chi connectivity index (χ2v) is 8.99. The van der Waals surface area contributed by atoms with Crippen molar-refractivity contribution < 1.29 is 19.1 Å². The number of urea groups is 1. The van der Waals surface area contributed by atoms with Gasteiger partial charge in [0.2, 0.25) is 0 Å². The molecule has 0 aliphatic carbocycles. The Morgan fingerprint density at radius 1 is 1.03 bits per heavy atom.